The summed E-state index contributed by atoms with van der Waals surface area (Å²) in [4.78, 5) is 40.8. The molecule has 12 nitrogen and oxygen atoms in total. The molecule has 0 rings (SSSR count). The van der Waals surface area contributed by atoms with Gasteiger partial charge in [-0.05, 0) is 6.42 Å². The zero-order chi connectivity index (χ0) is 30.5. The molecule has 0 aromatic rings. The van der Waals surface area contributed by atoms with Gasteiger partial charge in [0.25, 0.3) is 0 Å². The minimum absolute atomic E-state index is 0.345. The highest BCUT2D eigenvalue weighted by atomic mass is 16.4. The second-order valence-corrected chi connectivity index (χ2v) is 9.59. The molecule has 12 heteroatoms. The molecule has 232 valence electrons. The molecule has 0 aliphatic rings. The summed E-state index contributed by atoms with van der Waals surface area (Å²) in [7, 11) is 0. The molecule has 8 N–H and O–H groups in total. The number of aliphatic carboxylic acids is 4. The molecule has 0 radical (unpaired) electrons. The molecule has 39 heavy (non-hydrogen) atoms. The standard InChI is InChI=1S/C18H36O2.C6H8O7.C3H8O3/c1-2-3-4-5-6-7-8-9-10-11-12-13-14-15-16-17-18(19)20;7-3(8)1-6(13,5(11)12)2-4(9)10;4-1-3(6)2-5/h2-17H2,1H3,(H,19,20);13H,1-2H2,(H,7,8)(H,9,10)(H,11,12);3-6H,1-2H2. The van der Waals surface area contributed by atoms with Crippen molar-refractivity contribution in [2.75, 3.05) is 13.2 Å². The summed E-state index contributed by atoms with van der Waals surface area (Å²) in [6.45, 7) is 1.54. The van der Waals surface area contributed by atoms with Gasteiger partial charge in [-0.2, -0.15) is 0 Å². The highest BCUT2D eigenvalue weighted by molar-refractivity contribution is 5.88. The minimum Gasteiger partial charge on any atom is -0.481 e. The Morgan fingerprint density at radius 3 is 1.08 bits per heavy atom. The lowest BCUT2D eigenvalue weighted by atomic mass is 9.96. The molecule has 0 heterocycles. The van der Waals surface area contributed by atoms with Gasteiger partial charge in [0, 0.05) is 6.42 Å². The quantitative estimate of drug-likeness (QED) is 0.0829. The third-order valence-electron chi connectivity index (χ3n) is 5.70. The average Bonchev–Trinajstić information content (AvgIpc) is 2.85. The van der Waals surface area contributed by atoms with Gasteiger partial charge in [-0.1, -0.05) is 96.8 Å². The largest absolute Gasteiger partial charge is 0.481 e. The molecule has 0 aromatic heterocycles. The van der Waals surface area contributed by atoms with E-state index in [0.29, 0.717) is 6.42 Å². The molecule has 0 spiro atoms. The van der Waals surface area contributed by atoms with Gasteiger partial charge in [0.1, 0.15) is 6.10 Å². The summed E-state index contributed by atoms with van der Waals surface area (Å²) in [5.74, 6) is -5.67. The molecule has 0 bridgehead atoms. The summed E-state index contributed by atoms with van der Waals surface area (Å²) in [6.07, 6.45) is 17.0. The number of carboxylic acid groups (broad SMARTS) is 4. The van der Waals surface area contributed by atoms with Crippen molar-refractivity contribution in [3.05, 3.63) is 0 Å². The van der Waals surface area contributed by atoms with E-state index >= 15 is 0 Å². The van der Waals surface area contributed by atoms with Crippen LogP contribution in [0.25, 0.3) is 0 Å². The fourth-order valence-corrected chi connectivity index (χ4v) is 3.42. The summed E-state index contributed by atoms with van der Waals surface area (Å²) in [5, 5.41) is 66.3. The topological polar surface area (TPSA) is 230 Å². The first-order valence-electron chi connectivity index (χ1n) is 13.9. The van der Waals surface area contributed by atoms with E-state index in [2.05, 4.69) is 6.92 Å². The zero-order valence-corrected chi connectivity index (χ0v) is 23.4. The number of hydrogen-bond acceptors (Lipinski definition) is 8. The monoisotopic (exact) mass is 568 g/mol. The highest BCUT2D eigenvalue weighted by Crippen LogP contribution is 2.16. The highest BCUT2D eigenvalue weighted by Gasteiger charge is 2.40. The Bertz CT molecular complexity index is 604. The van der Waals surface area contributed by atoms with Crippen LogP contribution in [0.4, 0.5) is 0 Å². The lowest BCUT2D eigenvalue weighted by Gasteiger charge is -2.18. The van der Waals surface area contributed by atoms with Gasteiger partial charge >= 0.3 is 23.9 Å². The van der Waals surface area contributed by atoms with Crippen LogP contribution in [0.1, 0.15) is 122 Å². The molecule has 0 saturated carbocycles. The number of aliphatic hydroxyl groups excluding tert-OH is 3. The van der Waals surface area contributed by atoms with Crippen LogP contribution in [-0.2, 0) is 19.2 Å². The Hall–Kier alpha value is -2.28. The molecule has 0 saturated heterocycles. The number of aliphatic hydroxyl groups is 4. The van der Waals surface area contributed by atoms with E-state index in [0.717, 1.165) is 12.8 Å². The van der Waals surface area contributed by atoms with E-state index in [1.54, 1.807) is 0 Å². The SMILES string of the molecule is CCCCCCCCCCCCCCCCCC(=O)O.O=C(O)CC(O)(CC(=O)O)C(=O)O.OCC(O)CO. The second-order valence-electron chi connectivity index (χ2n) is 9.59. The van der Waals surface area contributed by atoms with Crippen molar-refractivity contribution in [1.29, 1.82) is 0 Å². The lowest BCUT2D eigenvalue weighted by molar-refractivity contribution is -0.170. The van der Waals surface area contributed by atoms with Crippen molar-refractivity contribution >= 4 is 23.9 Å². The van der Waals surface area contributed by atoms with Crippen LogP contribution in [0.3, 0.4) is 0 Å². The van der Waals surface area contributed by atoms with Gasteiger partial charge < -0.3 is 40.9 Å². The Kier molecular flexibility index (Phi) is 30.3. The summed E-state index contributed by atoms with van der Waals surface area (Å²) in [5.41, 5.74) is -2.74. The predicted molar refractivity (Wildman–Crippen MR) is 144 cm³/mol. The number of rotatable bonds is 23. The van der Waals surface area contributed by atoms with Crippen LogP contribution in [0.15, 0.2) is 0 Å². The Morgan fingerprint density at radius 1 is 0.564 bits per heavy atom. The van der Waals surface area contributed by atoms with Crippen molar-refractivity contribution in [1.82, 2.24) is 0 Å². The Morgan fingerprint density at radius 2 is 0.872 bits per heavy atom. The van der Waals surface area contributed by atoms with Gasteiger partial charge in [0.05, 0.1) is 26.1 Å². The van der Waals surface area contributed by atoms with Gasteiger partial charge in [0.15, 0.2) is 5.60 Å². The number of carboxylic acids is 4. The van der Waals surface area contributed by atoms with Crippen molar-refractivity contribution in [2.45, 2.75) is 134 Å². The number of unbranched alkanes of at least 4 members (excludes halogenated alkanes) is 14. The van der Waals surface area contributed by atoms with Crippen LogP contribution in [-0.4, -0.2) is 89.6 Å². The van der Waals surface area contributed by atoms with E-state index in [4.69, 9.17) is 40.9 Å². The predicted octanol–water partition coefficient (Wildman–Crippen LogP) is 3.42. The van der Waals surface area contributed by atoms with Gasteiger partial charge in [-0.15, -0.1) is 0 Å². The Labute approximate surface area is 231 Å². The van der Waals surface area contributed by atoms with E-state index in [9.17, 15) is 19.2 Å². The zero-order valence-electron chi connectivity index (χ0n) is 23.4. The fraction of sp³-hybridized carbons (Fsp3) is 0.852. The van der Waals surface area contributed by atoms with Gasteiger partial charge in [-0.3, -0.25) is 14.4 Å². The van der Waals surface area contributed by atoms with E-state index < -0.39 is 48.4 Å². The third-order valence-corrected chi connectivity index (χ3v) is 5.70. The average molecular weight is 569 g/mol. The molecular weight excluding hydrogens is 516 g/mol. The first-order chi connectivity index (χ1) is 18.4. The number of hydrogen-bond donors (Lipinski definition) is 8. The second kappa shape index (κ2) is 28.7. The molecular formula is C27H52O12. The summed E-state index contributed by atoms with van der Waals surface area (Å²) >= 11 is 0. The maximum atomic E-state index is 10.3. The molecule has 0 atom stereocenters. The van der Waals surface area contributed by atoms with E-state index in [1.165, 1.54) is 83.5 Å². The van der Waals surface area contributed by atoms with Crippen LogP contribution in [0, 0.1) is 0 Å². The van der Waals surface area contributed by atoms with Crippen LogP contribution < -0.4 is 0 Å². The maximum absolute atomic E-state index is 10.3. The molecule has 0 aliphatic heterocycles. The van der Waals surface area contributed by atoms with Crippen molar-refractivity contribution < 1.29 is 60.0 Å². The fourth-order valence-electron chi connectivity index (χ4n) is 3.42. The van der Waals surface area contributed by atoms with E-state index in [1.807, 2.05) is 0 Å². The van der Waals surface area contributed by atoms with Crippen molar-refractivity contribution in [3.8, 4) is 0 Å². The summed E-state index contributed by atoms with van der Waals surface area (Å²) in [6, 6.07) is 0. The van der Waals surface area contributed by atoms with Crippen LogP contribution in [0.2, 0.25) is 0 Å². The maximum Gasteiger partial charge on any atom is 0.336 e. The molecule has 0 amide bonds. The van der Waals surface area contributed by atoms with Gasteiger partial charge in [0.2, 0.25) is 0 Å². The van der Waals surface area contributed by atoms with Crippen molar-refractivity contribution in [2.24, 2.45) is 0 Å². The number of carbonyl (C=O) groups is 4. The third kappa shape index (κ3) is 33.7. The van der Waals surface area contributed by atoms with Crippen LogP contribution >= 0.6 is 0 Å². The van der Waals surface area contributed by atoms with Crippen molar-refractivity contribution in [3.63, 3.8) is 0 Å². The van der Waals surface area contributed by atoms with E-state index in [-0.39, 0.29) is 13.2 Å². The molecule has 0 aliphatic carbocycles. The Balaban J connectivity index is -0.000000581. The van der Waals surface area contributed by atoms with Gasteiger partial charge in [-0.25, -0.2) is 4.79 Å². The normalized spacial score (nSPS) is 10.7. The minimum atomic E-state index is -2.74. The molecule has 0 unspecified atom stereocenters. The van der Waals surface area contributed by atoms with Crippen LogP contribution in [0.5, 0.6) is 0 Å². The lowest BCUT2D eigenvalue weighted by Crippen LogP contribution is -2.42. The summed E-state index contributed by atoms with van der Waals surface area (Å²) < 4.78 is 0. The molecule has 0 fully saturated rings. The first-order valence-corrected chi connectivity index (χ1v) is 13.9. The smallest absolute Gasteiger partial charge is 0.336 e. The first kappa shape index (κ1) is 41.2. The molecule has 0 aromatic carbocycles.